The van der Waals surface area contributed by atoms with Gasteiger partial charge in [0.05, 0.1) is 0 Å². The summed E-state index contributed by atoms with van der Waals surface area (Å²) in [6.07, 6.45) is 0. The van der Waals surface area contributed by atoms with Crippen molar-refractivity contribution >= 4 is 34.5 Å². The average molecular weight is 318 g/mol. The van der Waals surface area contributed by atoms with Crippen LogP contribution in [0.1, 0.15) is 34.6 Å². The van der Waals surface area contributed by atoms with Gasteiger partial charge in [-0.2, -0.15) is 0 Å². The molecule has 0 aliphatic rings. The molecule has 21 heavy (non-hydrogen) atoms. The zero-order chi connectivity index (χ0) is 15.5. The van der Waals surface area contributed by atoms with Crippen molar-refractivity contribution in [3.63, 3.8) is 0 Å². The van der Waals surface area contributed by atoms with Crippen LogP contribution >= 0.6 is 23.6 Å². The van der Waals surface area contributed by atoms with Crippen LogP contribution < -0.4 is 11.1 Å². The molecule has 0 atom stereocenters. The summed E-state index contributed by atoms with van der Waals surface area (Å²) in [6.45, 7) is 4.83. The van der Waals surface area contributed by atoms with E-state index in [1.807, 2.05) is 11.4 Å². The van der Waals surface area contributed by atoms with Crippen LogP contribution in [0.25, 0.3) is 0 Å². The van der Waals surface area contributed by atoms with E-state index >= 15 is 0 Å². The number of thiophene rings is 1. The Bertz CT molecular complexity index is 631. The molecule has 0 aliphatic heterocycles. The first-order valence-corrected chi connectivity index (χ1v) is 7.91. The maximum absolute atomic E-state index is 12.2. The van der Waals surface area contributed by atoms with Crippen molar-refractivity contribution in [2.45, 2.75) is 19.3 Å². The van der Waals surface area contributed by atoms with Crippen LogP contribution in [0.5, 0.6) is 0 Å². The number of nitrogens with two attached hydrogens (primary N) is 1. The van der Waals surface area contributed by atoms with Crippen molar-refractivity contribution < 1.29 is 4.79 Å². The lowest BCUT2D eigenvalue weighted by atomic mass is 9.91. The lowest BCUT2D eigenvalue weighted by molar-refractivity contribution is 0.0946. The highest BCUT2D eigenvalue weighted by atomic mass is 32.1. The molecule has 1 amide bonds. The SMILES string of the molecule is CC(C)(CNC(=O)c1ccc(C(N)=S)cc1)c1cccs1. The molecule has 3 N–H and O–H groups in total. The highest BCUT2D eigenvalue weighted by Gasteiger charge is 2.22. The lowest BCUT2D eigenvalue weighted by Gasteiger charge is -2.23. The van der Waals surface area contributed by atoms with Gasteiger partial charge in [-0.3, -0.25) is 4.79 Å². The van der Waals surface area contributed by atoms with Crippen LogP contribution in [0.2, 0.25) is 0 Å². The van der Waals surface area contributed by atoms with Crippen molar-refractivity contribution in [2.75, 3.05) is 6.54 Å². The normalized spacial score (nSPS) is 11.1. The molecule has 2 aromatic rings. The van der Waals surface area contributed by atoms with Gasteiger partial charge in [0.15, 0.2) is 0 Å². The molecule has 0 saturated heterocycles. The van der Waals surface area contributed by atoms with Gasteiger partial charge in [-0.1, -0.05) is 44.3 Å². The molecule has 2 rings (SSSR count). The van der Waals surface area contributed by atoms with Gasteiger partial charge in [-0.25, -0.2) is 0 Å². The van der Waals surface area contributed by atoms with Gasteiger partial charge < -0.3 is 11.1 Å². The van der Waals surface area contributed by atoms with Crippen molar-refractivity contribution in [1.29, 1.82) is 0 Å². The van der Waals surface area contributed by atoms with Crippen LogP contribution in [0.15, 0.2) is 41.8 Å². The van der Waals surface area contributed by atoms with Gasteiger partial charge >= 0.3 is 0 Å². The van der Waals surface area contributed by atoms with Crippen LogP contribution in [0, 0.1) is 0 Å². The van der Waals surface area contributed by atoms with Crippen molar-refractivity contribution in [3.8, 4) is 0 Å². The number of thiocarbonyl (C=S) groups is 1. The lowest BCUT2D eigenvalue weighted by Crippen LogP contribution is -2.36. The smallest absolute Gasteiger partial charge is 0.251 e. The molecular formula is C16H18N2OS2. The number of nitrogens with one attached hydrogen (secondary N) is 1. The molecule has 0 unspecified atom stereocenters. The highest BCUT2D eigenvalue weighted by Crippen LogP contribution is 2.26. The van der Waals surface area contributed by atoms with E-state index in [9.17, 15) is 4.79 Å². The van der Waals surface area contributed by atoms with E-state index in [0.29, 0.717) is 17.1 Å². The second kappa shape index (κ2) is 6.37. The summed E-state index contributed by atoms with van der Waals surface area (Å²) >= 11 is 6.60. The zero-order valence-corrected chi connectivity index (χ0v) is 13.7. The first-order valence-electron chi connectivity index (χ1n) is 6.62. The number of hydrogen-bond donors (Lipinski definition) is 2. The second-order valence-electron chi connectivity index (χ2n) is 5.49. The van der Waals surface area contributed by atoms with Crippen LogP contribution in [-0.2, 0) is 5.41 Å². The van der Waals surface area contributed by atoms with Crippen LogP contribution in [-0.4, -0.2) is 17.4 Å². The summed E-state index contributed by atoms with van der Waals surface area (Å²) in [6, 6.07) is 11.1. The molecule has 0 fully saturated rings. The number of rotatable bonds is 5. The number of benzene rings is 1. The Morgan fingerprint density at radius 2 is 1.86 bits per heavy atom. The Labute approximate surface area is 134 Å². The minimum Gasteiger partial charge on any atom is -0.389 e. The molecule has 0 bridgehead atoms. The quantitative estimate of drug-likeness (QED) is 0.833. The number of carbonyl (C=O) groups is 1. The predicted octanol–water partition coefficient (Wildman–Crippen LogP) is 3.09. The van der Waals surface area contributed by atoms with E-state index in [-0.39, 0.29) is 11.3 Å². The zero-order valence-electron chi connectivity index (χ0n) is 12.1. The van der Waals surface area contributed by atoms with Gasteiger partial charge in [0.2, 0.25) is 0 Å². The Kier molecular flexibility index (Phi) is 4.75. The predicted molar refractivity (Wildman–Crippen MR) is 92.0 cm³/mol. The summed E-state index contributed by atoms with van der Waals surface area (Å²) in [5.41, 5.74) is 6.83. The fraction of sp³-hybridized carbons (Fsp3) is 0.250. The highest BCUT2D eigenvalue weighted by molar-refractivity contribution is 7.80. The summed E-state index contributed by atoms with van der Waals surface area (Å²) in [4.78, 5) is 13.8. The molecule has 1 aromatic heterocycles. The van der Waals surface area contributed by atoms with Crippen molar-refractivity contribution in [1.82, 2.24) is 5.32 Å². The summed E-state index contributed by atoms with van der Waals surface area (Å²) in [7, 11) is 0. The van der Waals surface area contributed by atoms with E-state index in [0.717, 1.165) is 5.56 Å². The Morgan fingerprint density at radius 3 is 2.38 bits per heavy atom. The number of carbonyl (C=O) groups excluding carboxylic acids is 1. The molecule has 1 heterocycles. The average Bonchev–Trinajstić information content (AvgIpc) is 3.00. The number of hydrogen-bond acceptors (Lipinski definition) is 3. The first kappa shape index (κ1) is 15.7. The third kappa shape index (κ3) is 3.89. The summed E-state index contributed by atoms with van der Waals surface area (Å²) < 4.78 is 0. The number of amides is 1. The van der Waals surface area contributed by atoms with E-state index in [1.165, 1.54) is 4.88 Å². The standard InChI is InChI=1S/C16H18N2OS2/c1-16(2,13-4-3-9-21-13)10-18-15(19)12-7-5-11(6-8-12)14(17)20/h3-9H,10H2,1-2H3,(H2,17,20)(H,18,19). The molecule has 110 valence electrons. The van der Waals surface area contributed by atoms with Crippen molar-refractivity contribution in [2.24, 2.45) is 5.73 Å². The van der Waals surface area contributed by atoms with E-state index in [4.69, 9.17) is 18.0 Å². The fourth-order valence-electron chi connectivity index (χ4n) is 1.94. The van der Waals surface area contributed by atoms with E-state index in [2.05, 4.69) is 25.2 Å². The van der Waals surface area contributed by atoms with Gasteiger partial charge in [0.1, 0.15) is 4.99 Å². The maximum Gasteiger partial charge on any atom is 0.251 e. The summed E-state index contributed by atoms with van der Waals surface area (Å²) in [5, 5.41) is 5.03. The molecule has 5 heteroatoms. The van der Waals surface area contributed by atoms with Crippen molar-refractivity contribution in [3.05, 3.63) is 57.8 Å². The first-order chi connectivity index (χ1) is 9.90. The van der Waals surface area contributed by atoms with E-state index in [1.54, 1.807) is 35.6 Å². The van der Waals surface area contributed by atoms with Crippen LogP contribution in [0.3, 0.4) is 0 Å². The topological polar surface area (TPSA) is 55.1 Å². The maximum atomic E-state index is 12.2. The molecule has 1 aromatic carbocycles. The Balaban J connectivity index is 2.00. The van der Waals surface area contributed by atoms with E-state index < -0.39 is 0 Å². The van der Waals surface area contributed by atoms with Gasteiger partial charge in [0.25, 0.3) is 5.91 Å². The molecule has 0 saturated carbocycles. The largest absolute Gasteiger partial charge is 0.389 e. The van der Waals surface area contributed by atoms with Crippen LogP contribution in [0.4, 0.5) is 0 Å². The molecule has 3 nitrogen and oxygen atoms in total. The molecule has 0 aliphatic carbocycles. The van der Waals surface area contributed by atoms with Gasteiger partial charge in [-0.05, 0) is 23.6 Å². The van der Waals surface area contributed by atoms with Gasteiger partial charge in [-0.15, -0.1) is 11.3 Å². The fourth-order valence-corrected chi connectivity index (χ4v) is 2.93. The second-order valence-corrected chi connectivity index (χ2v) is 6.87. The molecule has 0 spiro atoms. The Morgan fingerprint density at radius 1 is 1.24 bits per heavy atom. The summed E-state index contributed by atoms with van der Waals surface area (Å²) in [5.74, 6) is -0.0888. The Hall–Kier alpha value is -1.72. The molecule has 0 radical (unpaired) electrons. The minimum absolute atomic E-state index is 0.0808. The third-order valence-corrected chi connectivity index (χ3v) is 4.78. The minimum atomic E-state index is -0.0888. The monoisotopic (exact) mass is 318 g/mol. The molecular weight excluding hydrogens is 300 g/mol. The van der Waals surface area contributed by atoms with Gasteiger partial charge in [0, 0.05) is 28.0 Å². The third-order valence-electron chi connectivity index (χ3n) is 3.31.